The maximum atomic E-state index is 6.16. The standard InChI is InChI=1S/C11H13N5S/c1-15-10(2-3-13-15)9(12)6-8-7-16-4-5-17-11(16)14-8/h2-5,7,9H,6,12H2,1H3. The zero-order valence-electron chi connectivity index (χ0n) is 9.45. The Bertz CT molecular complexity index is 606. The number of hydrogen-bond acceptors (Lipinski definition) is 4. The second kappa shape index (κ2) is 3.97. The van der Waals surface area contributed by atoms with Gasteiger partial charge in [-0.15, -0.1) is 11.3 Å². The van der Waals surface area contributed by atoms with E-state index in [1.54, 1.807) is 17.5 Å². The molecule has 17 heavy (non-hydrogen) atoms. The number of fused-ring (bicyclic) bond motifs is 1. The monoisotopic (exact) mass is 247 g/mol. The molecule has 0 radical (unpaired) electrons. The van der Waals surface area contributed by atoms with Crippen molar-refractivity contribution in [1.82, 2.24) is 19.2 Å². The molecule has 6 heteroatoms. The third-order valence-corrected chi connectivity index (χ3v) is 3.58. The number of imidazole rings is 1. The molecule has 0 saturated heterocycles. The molecule has 3 heterocycles. The first kappa shape index (κ1) is 10.5. The highest BCUT2D eigenvalue weighted by Crippen LogP contribution is 2.17. The number of nitrogens with two attached hydrogens (primary N) is 1. The van der Waals surface area contributed by atoms with E-state index in [4.69, 9.17) is 5.73 Å². The fourth-order valence-electron chi connectivity index (χ4n) is 1.95. The van der Waals surface area contributed by atoms with Gasteiger partial charge in [0.15, 0.2) is 4.96 Å². The highest BCUT2D eigenvalue weighted by atomic mass is 32.1. The summed E-state index contributed by atoms with van der Waals surface area (Å²) in [5.74, 6) is 0. The quantitative estimate of drug-likeness (QED) is 0.760. The summed E-state index contributed by atoms with van der Waals surface area (Å²) in [7, 11) is 1.90. The van der Waals surface area contributed by atoms with Crippen molar-refractivity contribution in [1.29, 1.82) is 0 Å². The molecular formula is C11H13N5S. The van der Waals surface area contributed by atoms with Gasteiger partial charge < -0.3 is 5.73 Å². The minimum atomic E-state index is -0.0629. The van der Waals surface area contributed by atoms with Crippen molar-refractivity contribution >= 4 is 16.3 Å². The van der Waals surface area contributed by atoms with Crippen molar-refractivity contribution in [2.45, 2.75) is 12.5 Å². The van der Waals surface area contributed by atoms with Gasteiger partial charge in [0.05, 0.1) is 17.4 Å². The maximum Gasteiger partial charge on any atom is 0.193 e. The van der Waals surface area contributed by atoms with E-state index >= 15 is 0 Å². The summed E-state index contributed by atoms with van der Waals surface area (Å²) in [6.07, 6.45) is 6.53. The predicted octanol–water partition coefficient (Wildman–Crippen LogP) is 1.37. The Labute approximate surface area is 103 Å². The van der Waals surface area contributed by atoms with Crippen LogP contribution in [0.5, 0.6) is 0 Å². The van der Waals surface area contributed by atoms with Crippen LogP contribution in [-0.2, 0) is 13.5 Å². The van der Waals surface area contributed by atoms with E-state index in [9.17, 15) is 0 Å². The molecular weight excluding hydrogens is 234 g/mol. The smallest absolute Gasteiger partial charge is 0.193 e. The van der Waals surface area contributed by atoms with E-state index in [-0.39, 0.29) is 6.04 Å². The molecule has 3 aromatic heterocycles. The first-order valence-electron chi connectivity index (χ1n) is 5.38. The molecule has 3 aromatic rings. The SMILES string of the molecule is Cn1nccc1C(N)Cc1cn2ccsc2n1. The van der Waals surface area contributed by atoms with E-state index < -0.39 is 0 Å². The number of hydrogen-bond donors (Lipinski definition) is 1. The largest absolute Gasteiger partial charge is 0.322 e. The van der Waals surface area contributed by atoms with Crippen molar-refractivity contribution in [3.8, 4) is 0 Å². The fourth-order valence-corrected chi connectivity index (χ4v) is 2.67. The van der Waals surface area contributed by atoms with Crippen molar-refractivity contribution in [3.63, 3.8) is 0 Å². The Kier molecular flexibility index (Phi) is 2.45. The first-order chi connectivity index (χ1) is 8.24. The molecule has 0 aliphatic rings. The van der Waals surface area contributed by atoms with E-state index in [1.165, 1.54) is 0 Å². The summed E-state index contributed by atoms with van der Waals surface area (Å²) < 4.78 is 3.83. The zero-order valence-corrected chi connectivity index (χ0v) is 10.3. The van der Waals surface area contributed by atoms with Gasteiger partial charge in [0.1, 0.15) is 0 Å². The number of rotatable bonds is 3. The predicted molar refractivity (Wildman–Crippen MR) is 66.9 cm³/mol. The molecule has 1 unspecified atom stereocenters. The van der Waals surface area contributed by atoms with Crippen molar-refractivity contribution < 1.29 is 0 Å². The average molecular weight is 247 g/mol. The van der Waals surface area contributed by atoms with Crippen LogP contribution in [0.1, 0.15) is 17.4 Å². The lowest BCUT2D eigenvalue weighted by molar-refractivity contribution is 0.612. The van der Waals surface area contributed by atoms with Crippen LogP contribution >= 0.6 is 11.3 Å². The van der Waals surface area contributed by atoms with Gasteiger partial charge in [0.25, 0.3) is 0 Å². The first-order valence-corrected chi connectivity index (χ1v) is 6.26. The molecule has 3 rings (SSSR count). The number of thiazole rings is 1. The molecule has 0 spiro atoms. The highest BCUT2D eigenvalue weighted by molar-refractivity contribution is 7.15. The van der Waals surface area contributed by atoms with E-state index in [1.807, 2.05) is 40.0 Å². The normalized spacial score (nSPS) is 13.3. The van der Waals surface area contributed by atoms with Crippen LogP contribution in [-0.4, -0.2) is 19.2 Å². The molecule has 0 aliphatic heterocycles. The summed E-state index contributed by atoms with van der Waals surface area (Å²) >= 11 is 1.63. The van der Waals surface area contributed by atoms with Gasteiger partial charge in [0.2, 0.25) is 0 Å². The Morgan fingerprint density at radius 3 is 3.12 bits per heavy atom. The summed E-state index contributed by atoms with van der Waals surface area (Å²) in [4.78, 5) is 5.54. The van der Waals surface area contributed by atoms with Crippen molar-refractivity contribution in [2.24, 2.45) is 12.8 Å². The van der Waals surface area contributed by atoms with Gasteiger partial charge in [-0.25, -0.2) is 4.98 Å². The van der Waals surface area contributed by atoms with Gasteiger partial charge in [-0.3, -0.25) is 9.08 Å². The molecule has 88 valence electrons. The van der Waals surface area contributed by atoms with E-state index in [2.05, 4.69) is 10.1 Å². The molecule has 0 bridgehead atoms. The minimum Gasteiger partial charge on any atom is -0.322 e. The van der Waals surface area contributed by atoms with Crippen LogP contribution in [0.2, 0.25) is 0 Å². The Hall–Kier alpha value is -1.66. The molecule has 0 fully saturated rings. The number of aryl methyl sites for hydroxylation is 1. The third-order valence-electron chi connectivity index (χ3n) is 2.81. The number of aromatic nitrogens is 4. The Balaban J connectivity index is 1.83. The highest BCUT2D eigenvalue weighted by Gasteiger charge is 2.13. The molecule has 0 aromatic carbocycles. The van der Waals surface area contributed by atoms with Crippen LogP contribution in [0.25, 0.3) is 4.96 Å². The van der Waals surface area contributed by atoms with Crippen LogP contribution < -0.4 is 5.73 Å². The number of nitrogens with zero attached hydrogens (tertiary/aromatic N) is 4. The Morgan fingerprint density at radius 1 is 1.53 bits per heavy atom. The van der Waals surface area contributed by atoms with Crippen LogP contribution in [0.4, 0.5) is 0 Å². The van der Waals surface area contributed by atoms with Crippen LogP contribution in [0.3, 0.4) is 0 Å². The molecule has 0 aliphatic carbocycles. The second-order valence-electron chi connectivity index (χ2n) is 4.02. The topological polar surface area (TPSA) is 61.1 Å². The zero-order chi connectivity index (χ0) is 11.8. The summed E-state index contributed by atoms with van der Waals surface area (Å²) in [6.45, 7) is 0. The molecule has 5 nitrogen and oxygen atoms in total. The van der Waals surface area contributed by atoms with Gasteiger partial charge in [-0.1, -0.05) is 0 Å². The van der Waals surface area contributed by atoms with Crippen molar-refractivity contribution in [3.05, 3.63) is 41.4 Å². The van der Waals surface area contributed by atoms with Crippen LogP contribution in [0, 0.1) is 0 Å². The average Bonchev–Trinajstić information content (AvgIpc) is 2.92. The minimum absolute atomic E-state index is 0.0629. The maximum absolute atomic E-state index is 6.16. The summed E-state index contributed by atoms with van der Waals surface area (Å²) in [5.41, 5.74) is 8.20. The van der Waals surface area contributed by atoms with Gasteiger partial charge in [0, 0.05) is 37.4 Å². The van der Waals surface area contributed by atoms with Gasteiger partial charge in [-0.2, -0.15) is 5.10 Å². The lowest BCUT2D eigenvalue weighted by Gasteiger charge is -2.09. The lowest BCUT2D eigenvalue weighted by Crippen LogP contribution is -2.17. The van der Waals surface area contributed by atoms with Gasteiger partial charge in [-0.05, 0) is 6.07 Å². The molecule has 1 atom stereocenters. The van der Waals surface area contributed by atoms with E-state index in [0.29, 0.717) is 0 Å². The second-order valence-corrected chi connectivity index (χ2v) is 4.89. The van der Waals surface area contributed by atoms with Crippen molar-refractivity contribution in [2.75, 3.05) is 0 Å². The van der Waals surface area contributed by atoms with E-state index in [0.717, 1.165) is 22.8 Å². The fraction of sp³-hybridized carbons (Fsp3) is 0.273. The molecule has 0 amide bonds. The molecule has 0 saturated carbocycles. The van der Waals surface area contributed by atoms with Crippen LogP contribution in [0.15, 0.2) is 30.0 Å². The third kappa shape index (κ3) is 1.85. The Morgan fingerprint density at radius 2 is 2.41 bits per heavy atom. The summed E-state index contributed by atoms with van der Waals surface area (Å²) in [6, 6.07) is 1.88. The lowest BCUT2D eigenvalue weighted by atomic mass is 10.1. The van der Waals surface area contributed by atoms with Gasteiger partial charge >= 0.3 is 0 Å². The summed E-state index contributed by atoms with van der Waals surface area (Å²) in [5, 5.41) is 6.15. The molecule has 2 N–H and O–H groups in total.